The van der Waals surface area contributed by atoms with Gasteiger partial charge in [-0.05, 0) is 30.7 Å². The second-order valence-corrected chi connectivity index (χ2v) is 4.37. The molecule has 82 valence electrons. The molecule has 0 aliphatic carbocycles. The van der Waals surface area contributed by atoms with Gasteiger partial charge in [0.15, 0.2) is 0 Å². The third-order valence-electron chi connectivity index (χ3n) is 2.00. The van der Waals surface area contributed by atoms with Crippen LogP contribution in [0.5, 0.6) is 5.75 Å². The Morgan fingerprint density at radius 3 is 2.87 bits per heavy atom. The number of benzene rings is 1. The number of hydrogen-bond acceptors (Lipinski definition) is 2. The van der Waals surface area contributed by atoms with Crippen molar-refractivity contribution in [3.05, 3.63) is 40.4 Å². The van der Waals surface area contributed by atoms with Gasteiger partial charge in [0.2, 0.25) is 0 Å². The molecule has 0 amide bonds. The van der Waals surface area contributed by atoms with Crippen LogP contribution in [0.15, 0.2) is 34.8 Å². The average molecular weight is 270 g/mol. The second kappa shape index (κ2) is 5.93. The molecule has 0 aromatic heterocycles. The zero-order chi connectivity index (χ0) is 11.3. The Bertz CT molecular complexity index is 349. The Hall–Kier alpha value is -0.800. The van der Waals surface area contributed by atoms with Gasteiger partial charge in [0.1, 0.15) is 5.75 Å². The molecule has 0 spiro atoms. The first-order chi connectivity index (χ1) is 7.13. The maximum Gasteiger partial charge on any atom is 0.119 e. The Labute approximate surface area is 99.5 Å². The lowest BCUT2D eigenvalue weighted by molar-refractivity contribution is 0.414. The molecule has 0 radical (unpaired) electrons. The summed E-state index contributed by atoms with van der Waals surface area (Å²) < 4.78 is 6.27. The minimum atomic E-state index is 0.810. The van der Waals surface area contributed by atoms with Crippen molar-refractivity contribution in [2.24, 2.45) is 0 Å². The summed E-state index contributed by atoms with van der Waals surface area (Å²) in [6.07, 6.45) is 0. The van der Waals surface area contributed by atoms with Crippen molar-refractivity contribution in [2.45, 2.75) is 13.5 Å². The fourth-order valence-corrected chi connectivity index (χ4v) is 1.61. The predicted octanol–water partition coefficient (Wildman–Crippen LogP) is 3.12. The third-order valence-corrected chi connectivity index (χ3v) is 2.77. The van der Waals surface area contributed by atoms with E-state index in [1.165, 1.54) is 5.56 Å². The molecule has 0 aliphatic rings. The Morgan fingerprint density at radius 2 is 2.27 bits per heavy atom. The van der Waals surface area contributed by atoms with Crippen LogP contribution >= 0.6 is 15.9 Å². The number of hydrogen-bond donors (Lipinski definition) is 1. The zero-order valence-electron chi connectivity index (χ0n) is 9.14. The number of ether oxygens (including phenoxy) is 1. The fourth-order valence-electron chi connectivity index (χ4n) is 1.22. The molecular formula is C12H16BrNO. The summed E-state index contributed by atoms with van der Waals surface area (Å²) in [5.41, 5.74) is 2.32. The van der Waals surface area contributed by atoms with Crippen LogP contribution in [-0.4, -0.2) is 13.7 Å². The lowest BCUT2D eigenvalue weighted by Crippen LogP contribution is -2.15. The molecule has 0 saturated heterocycles. The maximum absolute atomic E-state index is 5.17. The monoisotopic (exact) mass is 269 g/mol. The van der Waals surface area contributed by atoms with Crippen LogP contribution < -0.4 is 10.1 Å². The first kappa shape index (κ1) is 12.3. The number of methoxy groups -OCH3 is 1. The van der Waals surface area contributed by atoms with Crippen LogP contribution in [0.3, 0.4) is 0 Å². The summed E-state index contributed by atoms with van der Waals surface area (Å²) in [6, 6.07) is 5.96. The highest BCUT2D eigenvalue weighted by atomic mass is 79.9. The minimum absolute atomic E-state index is 0.810. The zero-order valence-corrected chi connectivity index (χ0v) is 10.7. The van der Waals surface area contributed by atoms with E-state index in [0.717, 1.165) is 28.9 Å². The molecule has 1 N–H and O–H groups in total. The molecule has 0 heterocycles. The van der Waals surface area contributed by atoms with E-state index in [2.05, 4.69) is 27.8 Å². The Balaban J connectivity index is 2.62. The highest BCUT2D eigenvalue weighted by Crippen LogP contribution is 2.22. The molecule has 0 bridgehead atoms. The molecule has 0 saturated carbocycles. The predicted molar refractivity (Wildman–Crippen MR) is 67.2 cm³/mol. The topological polar surface area (TPSA) is 21.3 Å². The summed E-state index contributed by atoms with van der Waals surface area (Å²) in [5, 5.41) is 3.31. The van der Waals surface area contributed by atoms with E-state index in [-0.39, 0.29) is 0 Å². The maximum atomic E-state index is 5.17. The van der Waals surface area contributed by atoms with Crippen molar-refractivity contribution in [2.75, 3.05) is 13.7 Å². The van der Waals surface area contributed by atoms with E-state index in [4.69, 9.17) is 4.74 Å². The van der Waals surface area contributed by atoms with E-state index in [1.54, 1.807) is 7.11 Å². The van der Waals surface area contributed by atoms with E-state index in [0.29, 0.717) is 0 Å². The van der Waals surface area contributed by atoms with Crippen molar-refractivity contribution in [1.29, 1.82) is 0 Å². The first-order valence-electron chi connectivity index (χ1n) is 4.81. The van der Waals surface area contributed by atoms with E-state index in [1.807, 2.05) is 25.1 Å². The molecule has 1 aromatic rings. The summed E-state index contributed by atoms with van der Waals surface area (Å²) in [4.78, 5) is 0. The van der Waals surface area contributed by atoms with E-state index in [9.17, 15) is 0 Å². The lowest BCUT2D eigenvalue weighted by Gasteiger charge is -2.08. The number of rotatable bonds is 5. The van der Waals surface area contributed by atoms with Gasteiger partial charge in [-0.3, -0.25) is 0 Å². The van der Waals surface area contributed by atoms with Gasteiger partial charge >= 0.3 is 0 Å². The number of halogens is 1. The third kappa shape index (κ3) is 4.06. The quantitative estimate of drug-likeness (QED) is 0.830. The summed E-state index contributed by atoms with van der Waals surface area (Å²) in [7, 11) is 1.67. The van der Waals surface area contributed by atoms with Crippen molar-refractivity contribution in [3.8, 4) is 5.75 Å². The van der Waals surface area contributed by atoms with Gasteiger partial charge in [-0.1, -0.05) is 28.1 Å². The molecule has 0 fully saturated rings. The normalized spacial score (nSPS) is 10.1. The van der Waals surface area contributed by atoms with Gasteiger partial charge in [0, 0.05) is 17.6 Å². The molecule has 15 heavy (non-hydrogen) atoms. The molecule has 3 heteroatoms. The molecule has 0 atom stereocenters. The summed E-state index contributed by atoms with van der Waals surface area (Å²) in [5.74, 6) is 0.880. The van der Waals surface area contributed by atoms with Crippen LogP contribution in [0.1, 0.15) is 12.5 Å². The first-order valence-corrected chi connectivity index (χ1v) is 5.60. The molecular weight excluding hydrogens is 254 g/mol. The van der Waals surface area contributed by atoms with Crippen LogP contribution in [-0.2, 0) is 6.54 Å². The molecule has 0 aliphatic heterocycles. The lowest BCUT2D eigenvalue weighted by atomic mass is 10.2. The molecule has 0 unspecified atom stereocenters. The Kier molecular flexibility index (Phi) is 4.85. The molecule has 1 rings (SSSR count). The average Bonchev–Trinajstić information content (AvgIpc) is 2.20. The van der Waals surface area contributed by atoms with Crippen LogP contribution in [0, 0.1) is 0 Å². The second-order valence-electron chi connectivity index (χ2n) is 3.52. The van der Waals surface area contributed by atoms with Crippen molar-refractivity contribution in [1.82, 2.24) is 5.32 Å². The summed E-state index contributed by atoms with van der Waals surface area (Å²) in [6.45, 7) is 7.50. The molecule has 2 nitrogen and oxygen atoms in total. The van der Waals surface area contributed by atoms with Gasteiger partial charge in [0.25, 0.3) is 0 Å². The summed E-state index contributed by atoms with van der Waals surface area (Å²) >= 11 is 3.51. The van der Waals surface area contributed by atoms with Crippen molar-refractivity contribution in [3.63, 3.8) is 0 Å². The van der Waals surface area contributed by atoms with Gasteiger partial charge < -0.3 is 10.1 Å². The van der Waals surface area contributed by atoms with Crippen LogP contribution in [0.2, 0.25) is 0 Å². The highest BCUT2D eigenvalue weighted by molar-refractivity contribution is 9.10. The van der Waals surface area contributed by atoms with Gasteiger partial charge in [-0.25, -0.2) is 0 Å². The number of nitrogens with one attached hydrogen (secondary N) is 1. The highest BCUT2D eigenvalue weighted by Gasteiger charge is 2.01. The van der Waals surface area contributed by atoms with Gasteiger partial charge in [-0.2, -0.15) is 0 Å². The smallest absolute Gasteiger partial charge is 0.119 e. The van der Waals surface area contributed by atoms with Crippen LogP contribution in [0.25, 0.3) is 0 Å². The fraction of sp³-hybridized carbons (Fsp3) is 0.333. The van der Waals surface area contributed by atoms with Gasteiger partial charge in [-0.15, -0.1) is 0 Å². The minimum Gasteiger partial charge on any atom is -0.497 e. The van der Waals surface area contributed by atoms with E-state index < -0.39 is 0 Å². The largest absolute Gasteiger partial charge is 0.497 e. The van der Waals surface area contributed by atoms with Crippen molar-refractivity contribution < 1.29 is 4.74 Å². The standard InChI is InChI=1S/C12H16BrNO/c1-9(2)7-14-8-10-6-11(15-3)4-5-12(10)13/h4-6,14H,1,7-8H2,2-3H3. The van der Waals surface area contributed by atoms with Crippen LogP contribution in [0.4, 0.5) is 0 Å². The molecule has 1 aromatic carbocycles. The Morgan fingerprint density at radius 1 is 1.53 bits per heavy atom. The van der Waals surface area contributed by atoms with Gasteiger partial charge in [0.05, 0.1) is 7.11 Å². The van der Waals surface area contributed by atoms with E-state index >= 15 is 0 Å². The SMILES string of the molecule is C=C(C)CNCc1cc(OC)ccc1Br. The van der Waals surface area contributed by atoms with Crippen molar-refractivity contribution >= 4 is 15.9 Å².